The normalized spacial score (nSPS) is 19.3. The van der Waals surface area contributed by atoms with Crippen LogP contribution < -0.4 is 15.1 Å². The summed E-state index contributed by atoms with van der Waals surface area (Å²) in [6.45, 7) is 5.92. The van der Waals surface area contributed by atoms with E-state index in [2.05, 4.69) is 68.4 Å². The van der Waals surface area contributed by atoms with Gasteiger partial charge in [-0.05, 0) is 43.4 Å². The van der Waals surface area contributed by atoms with Crippen molar-refractivity contribution in [1.29, 1.82) is 0 Å². The molecule has 0 spiro atoms. The molecule has 3 aromatic rings. The molecule has 34 heavy (non-hydrogen) atoms. The number of hydrogen-bond donors (Lipinski definition) is 1. The minimum Gasteiger partial charge on any atom is -0.378 e. The van der Waals surface area contributed by atoms with Gasteiger partial charge in [0, 0.05) is 56.8 Å². The molecule has 0 bridgehead atoms. The third kappa shape index (κ3) is 4.99. The van der Waals surface area contributed by atoms with Crippen LogP contribution in [-0.4, -0.2) is 81.2 Å². The van der Waals surface area contributed by atoms with Crippen LogP contribution in [0.4, 0.5) is 23.0 Å². The van der Waals surface area contributed by atoms with Crippen molar-refractivity contribution in [2.45, 2.75) is 6.23 Å². The average Bonchev–Trinajstić information content (AvgIpc) is 2.90. The maximum absolute atomic E-state index is 5.71. The molecule has 3 heterocycles. The quantitative estimate of drug-likeness (QED) is 0.603. The zero-order valence-corrected chi connectivity index (χ0v) is 19.8. The SMILES string of the molecule is COC1CN(C)CCN1c1ccc(Nc2ncc(N3CCOCC3)c(-c3c[c]ccc3)n2)cc1. The van der Waals surface area contributed by atoms with Crippen molar-refractivity contribution in [2.24, 2.45) is 0 Å². The summed E-state index contributed by atoms with van der Waals surface area (Å²) in [6.07, 6.45) is 1.96. The molecule has 2 saturated heterocycles. The monoisotopic (exact) mass is 459 g/mol. The van der Waals surface area contributed by atoms with Gasteiger partial charge < -0.3 is 29.5 Å². The number of likely N-dealkylation sites (N-methyl/N-ethyl adjacent to an activating group) is 1. The fourth-order valence-corrected chi connectivity index (χ4v) is 4.47. The molecule has 0 saturated carbocycles. The van der Waals surface area contributed by atoms with Gasteiger partial charge in [-0.1, -0.05) is 18.2 Å². The Balaban J connectivity index is 1.37. The van der Waals surface area contributed by atoms with E-state index in [-0.39, 0.29) is 6.23 Å². The molecular weight excluding hydrogens is 428 g/mol. The molecule has 2 aliphatic heterocycles. The van der Waals surface area contributed by atoms with Crippen LogP contribution in [0, 0.1) is 6.07 Å². The molecule has 8 nitrogen and oxygen atoms in total. The molecule has 177 valence electrons. The molecular formula is C26H31N6O2. The first-order chi connectivity index (χ1) is 16.7. The van der Waals surface area contributed by atoms with E-state index in [1.807, 2.05) is 24.4 Å². The van der Waals surface area contributed by atoms with Gasteiger partial charge >= 0.3 is 0 Å². The summed E-state index contributed by atoms with van der Waals surface area (Å²) in [6, 6.07) is 19.4. The van der Waals surface area contributed by atoms with E-state index in [9.17, 15) is 0 Å². The first kappa shape index (κ1) is 22.6. The maximum atomic E-state index is 5.71. The highest BCUT2D eigenvalue weighted by Crippen LogP contribution is 2.31. The Labute approximate surface area is 201 Å². The van der Waals surface area contributed by atoms with Crippen LogP contribution in [-0.2, 0) is 9.47 Å². The topological polar surface area (TPSA) is 66.0 Å². The molecule has 1 radical (unpaired) electrons. The Morgan fingerprint density at radius 3 is 2.65 bits per heavy atom. The molecule has 5 rings (SSSR count). The molecule has 2 aromatic carbocycles. The summed E-state index contributed by atoms with van der Waals surface area (Å²) in [7, 11) is 3.90. The highest BCUT2D eigenvalue weighted by Gasteiger charge is 2.25. The van der Waals surface area contributed by atoms with Crippen molar-refractivity contribution in [3.8, 4) is 11.3 Å². The van der Waals surface area contributed by atoms with Crippen LogP contribution in [0.2, 0.25) is 0 Å². The van der Waals surface area contributed by atoms with Gasteiger partial charge in [-0.3, -0.25) is 0 Å². The Kier molecular flexibility index (Phi) is 6.89. The second-order valence-corrected chi connectivity index (χ2v) is 8.64. The third-order valence-corrected chi connectivity index (χ3v) is 6.37. The van der Waals surface area contributed by atoms with Crippen LogP contribution in [0.25, 0.3) is 11.3 Å². The van der Waals surface area contributed by atoms with Gasteiger partial charge in [-0.2, -0.15) is 0 Å². The zero-order chi connectivity index (χ0) is 23.3. The predicted molar refractivity (Wildman–Crippen MR) is 135 cm³/mol. The minimum atomic E-state index is 0.0545. The Morgan fingerprint density at radius 1 is 1.09 bits per heavy atom. The summed E-state index contributed by atoms with van der Waals surface area (Å²) in [5.74, 6) is 0.568. The van der Waals surface area contributed by atoms with Gasteiger partial charge in [0.25, 0.3) is 0 Å². The van der Waals surface area contributed by atoms with Crippen molar-refractivity contribution in [3.05, 3.63) is 60.8 Å². The van der Waals surface area contributed by atoms with E-state index >= 15 is 0 Å². The van der Waals surface area contributed by atoms with E-state index in [4.69, 9.17) is 14.5 Å². The van der Waals surface area contributed by atoms with Crippen molar-refractivity contribution in [1.82, 2.24) is 14.9 Å². The molecule has 2 aliphatic rings. The van der Waals surface area contributed by atoms with Gasteiger partial charge in [-0.25, -0.2) is 9.97 Å². The lowest BCUT2D eigenvalue weighted by molar-refractivity contribution is 0.0498. The Morgan fingerprint density at radius 2 is 1.91 bits per heavy atom. The molecule has 2 fully saturated rings. The fraction of sp³-hybridized carbons (Fsp3) is 0.385. The first-order valence-corrected chi connectivity index (χ1v) is 11.7. The summed E-state index contributed by atoms with van der Waals surface area (Å²) in [5, 5.41) is 3.37. The van der Waals surface area contributed by atoms with Gasteiger partial charge in [0.15, 0.2) is 0 Å². The zero-order valence-electron chi connectivity index (χ0n) is 19.8. The van der Waals surface area contributed by atoms with Crippen LogP contribution >= 0.6 is 0 Å². The maximum Gasteiger partial charge on any atom is 0.227 e. The molecule has 8 heteroatoms. The van der Waals surface area contributed by atoms with E-state index < -0.39 is 0 Å². The van der Waals surface area contributed by atoms with Crippen LogP contribution in [0.5, 0.6) is 0 Å². The number of hydrogen-bond acceptors (Lipinski definition) is 8. The molecule has 1 aromatic heterocycles. The number of rotatable bonds is 6. The number of anilines is 4. The van der Waals surface area contributed by atoms with Crippen molar-refractivity contribution in [2.75, 3.05) is 75.2 Å². The number of aromatic nitrogens is 2. The van der Waals surface area contributed by atoms with E-state index in [1.165, 1.54) is 0 Å². The standard InChI is InChI=1S/C26H31N6O2/c1-30-12-13-32(24(19-30)33-2)22-10-8-21(9-11-22)28-26-27-18-23(31-14-16-34-17-15-31)25(29-26)20-6-4-3-5-7-20/h3-4,6-11,18,24H,12-17,19H2,1-2H3,(H,27,28,29). The number of benzene rings is 2. The smallest absolute Gasteiger partial charge is 0.227 e. The number of ether oxygens (including phenoxy) is 2. The van der Waals surface area contributed by atoms with Crippen LogP contribution in [0.3, 0.4) is 0 Å². The number of nitrogens with zero attached hydrogens (tertiary/aromatic N) is 5. The molecule has 1 atom stereocenters. The lowest BCUT2D eigenvalue weighted by Crippen LogP contribution is -2.52. The Bertz CT molecular complexity index is 1070. The van der Waals surface area contributed by atoms with E-state index in [0.29, 0.717) is 19.2 Å². The van der Waals surface area contributed by atoms with Gasteiger partial charge in [0.05, 0.1) is 30.8 Å². The first-order valence-electron chi connectivity index (χ1n) is 11.7. The highest BCUT2D eigenvalue weighted by molar-refractivity contribution is 5.76. The van der Waals surface area contributed by atoms with Gasteiger partial charge in [-0.15, -0.1) is 0 Å². The van der Waals surface area contributed by atoms with Crippen molar-refractivity contribution < 1.29 is 9.47 Å². The third-order valence-electron chi connectivity index (χ3n) is 6.37. The molecule has 0 aliphatic carbocycles. The lowest BCUT2D eigenvalue weighted by Gasteiger charge is -2.40. The number of piperazine rings is 1. The van der Waals surface area contributed by atoms with Crippen molar-refractivity contribution >= 4 is 23.0 Å². The Hall–Kier alpha value is -3.20. The minimum absolute atomic E-state index is 0.0545. The summed E-state index contributed by atoms with van der Waals surface area (Å²) in [5.41, 5.74) is 5.02. The number of morpholine rings is 1. The summed E-state index contributed by atoms with van der Waals surface area (Å²) in [4.78, 5) is 16.4. The molecule has 0 amide bonds. The summed E-state index contributed by atoms with van der Waals surface area (Å²) >= 11 is 0. The molecule has 1 N–H and O–H groups in total. The second-order valence-electron chi connectivity index (χ2n) is 8.64. The van der Waals surface area contributed by atoms with Crippen LogP contribution in [0.1, 0.15) is 0 Å². The van der Waals surface area contributed by atoms with Crippen molar-refractivity contribution in [3.63, 3.8) is 0 Å². The number of methoxy groups -OCH3 is 1. The van der Waals surface area contributed by atoms with Crippen LogP contribution in [0.15, 0.2) is 54.7 Å². The average molecular weight is 460 g/mol. The number of nitrogens with one attached hydrogen (secondary N) is 1. The highest BCUT2D eigenvalue weighted by atomic mass is 16.5. The lowest BCUT2D eigenvalue weighted by atomic mass is 10.1. The predicted octanol–water partition coefficient (Wildman–Crippen LogP) is 3.25. The molecule has 1 unspecified atom stereocenters. The van der Waals surface area contributed by atoms with Gasteiger partial charge in [0.2, 0.25) is 5.95 Å². The van der Waals surface area contributed by atoms with E-state index in [1.54, 1.807) is 7.11 Å². The fourth-order valence-electron chi connectivity index (χ4n) is 4.47. The van der Waals surface area contributed by atoms with Gasteiger partial charge in [0.1, 0.15) is 6.23 Å². The van der Waals surface area contributed by atoms with E-state index in [0.717, 1.165) is 61.0 Å². The summed E-state index contributed by atoms with van der Waals surface area (Å²) < 4.78 is 11.2. The second kappa shape index (κ2) is 10.4. The largest absolute Gasteiger partial charge is 0.378 e.